The molecule has 146 valence electrons. The molecule has 0 saturated heterocycles. The summed E-state index contributed by atoms with van der Waals surface area (Å²) >= 11 is -3.07. The minimum absolute atomic E-state index is 0.187. The van der Waals surface area contributed by atoms with Gasteiger partial charge in [0.1, 0.15) is 10.7 Å². The molecule has 2 aromatic rings. The number of halogens is 4. The molecule has 12 heteroatoms. The first kappa shape index (κ1) is 21.0. The van der Waals surface area contributed by atoms with E-state index in [1.54, 1.807) is 0 Å². The number of hydrogen-bond donors (Lipinski definition) is 1. The predicted molar refractivity (Wildman–Crippen MR) is 89.7 cm³/mol. The second kappa shape index (κ2) is 7.76. The summed E-state index contributed by atoms with van der Waals surface area (Å²) in [5.74, 6) is -0.921. The Kier molecular flexibility index (Phi) is 6.04. The van der Waals surface area contributed by atoms with Gasteiger partial charge in [0.15, 0.2) is 0 Å². The van der Waals surface area contributed by atoms with Crippen LogP contribution in [0.15, 0.2) is 53.6 Å². The van der Waals surface area contributed by atoms with Crippen molar-refractivity contribution in [2.45, 2.75) is 11.1 Å². The van der Waals surface area contributed by atoms with Crippen molar-refractivity contribution in [2.75, 3.05) is 4.31 Å². The molecule has 0 aliphatic heterocycles. The second-order valence-corrected chi connectivity index (χ2v) is 7.49. The van der Waals surface area contributed by atoms with E-state index in [0.29, 0.717) is 10.4 Å². The monoisotopic (exact) mass is 423 g/mol. The van der Waals surface area contributed by atoms with Crippen LogP contribution in [0, 0.1) is 5.82 Å². The van der Waals surface area contributed by atoms with Gasteiger partial charge in [0.2, 0.25) is 10.0 Å². The van der Waals surface area contributed by atoms with E-state index in [0.717, 1.165) is 48.7 Å². The maximum atomic E-state index is 13.5. The molecule has 0 spiro atoms. The first-order chi connectivity index (χ1) is 12.4. The van der Waals surface area contributed by atoms with E-state index < -0.39 is 49.4 Å². The van der Waals surface area contributed by atoms with Gasteiger partial charge in [0.25, 0.3) is 0 Å². The lowest BCUT2D eigenvalue weighted by Crippen LogP contribution is -2.23. The first-order valence-electron chi connectivity index (χ1n) is 6.96. The average Bonchev–Trinajstić information content (AvgIpc) is 2.53. The van der Waals surface area contributed by atoms with Gasteiger partial charge in [-0.1, -0.05) is 12.1 Å². The van der Waals surface area contributed by atoms with Crippen LogP contribution in [0.25, 0.3) is 6.08 Å². The number of nitrogens with zero attached hydrogens (tertiary/aromatic N) is 1. The van der Waals surface area contributed by atoms with Gasteiger partial charge in [0.05, 0.1) is 22.5 Å². The molecule has 0 saturated carbocycles. The highest BCUT2D eigenvalue weighted by Crippen LogP contribution is 2.30. The number of hydrogen-bond acceptors (Lipinski definition) is 4. The second-order valence-electron chi connectivity index (χ2n) is 5.14. The zero-order valence-corrected chi connectivity index (χ0v) is 14.8. The standard InChI is InChI=1S/C15H12F4N2O4S2/c16-12-5-6-14(27(20,24)25)13(9-12)21(26(22)23)8-7-10-1-3-11(4-2-10)15(17,18)19/h1-9H,(H,22,23)(H2,20,24,25)/p-1. The van der Waals surface area contributed by atoms with Crippen LogP contribution in [0.4, 0.5) is 23.2 Å². The summed E-state index contributed by atoms with van der Waals surface area (Å²) in [4.78, 5) is -0.648. The molecule has 2 aromatic carbocycles. The Morgan fingerprint density at radius 3 is 2.19 bits per heavy atom. The van der Waals surface area contributed by atoms with Crippen LogP contribution < -0.4 is 9.44 Å². The molecular formula is C15H11F4N2O4S2-. The fraction of sp³-hybridized carbons (Fsp3) is 0.0667. The van der Waals surface area contributed by atoms with E-state index in [-0.39, 0.29) is 5.56 Å². The Morgan fingerprint density at radius 2 is 1.70 bits per heavy atom. The van der Waals surface area contributed by atoms with E-state index in [1.165, 1.54) is 0 Å². The molecule has 1 atom stereocenters. The van der Waals surface area contributed by atoms with E-state index >= 15 is 0 Å². The number of rotatable bonds is 5. The maximum Gasteiger partial charge on any atom is 0.416 e. The van der Waals surface area contributed by atoms with E-state index in [1.807, 2.05) is 0 Å². The Balaban J connectivity index is 2.44. The van der Waals surface area contributed by atoms with Gasteiger partial charge in [-0.05, 0) is 42.0 Å². The minimum atomic E-state index is -4.53. The molecule has 0 aromatic heterocycles. The summed E-state index contributed by atoms with van der Waals surface area (Å²) in [5, 5.41) is 5.00. The van der Waals surface area contributed by atoms with Gasteiger partial charge in [-0.2, -0.15) is 13.2 Å². The molecule has 0 bridgehead atoms. The minimum Gasteiger partial charge on any atom is -0.755 e. The molecular weight excluding hydrogens is 412 g/mol. The van der Waals surface area contributed by atoms with Gasteiger partial charge >= 0.3 is 6.18 Å². The molecule has 2 rings (SSSR count). The van der Waals surface area contributed by atoms with Crippen LogP contribution in [-0.4, -0.2) is 17.2 Å². The maximum absolute atomic E-state index is 13.5. The summed E-state index contributed by atoms with van der Waals surface area (Å²) in [6, 6.07) is 5.97. The molecule has 6 nitrogen and oxygen atoms in total. The third-order valence-electron chi connectivity index (χ3n) is 3.27. The highest BCUT2D eigenvalue weighted by Gasteiger charge is 2.29. The third-order valence-corrected chi connectivity index (χ3v) is 4.86. The van der Waals surface area contributed by atoms with Gasteiger partial charge in [0, 0.05) is 6.20 Å². The van der Waals surface area contributed by atoms with Crippen molar-refractivity contribution in [1.29, 1.82) is 0 Å². The van der Waals surface area contributed by atoms with Crippen LogP contribution in [0.3, 0.4) is 0 Å². The van der Waals surface area contributed by atoms with Crippen LogP contribution in [0.2, 0.25) is 0 Å². The van der Waals surface area contributed by atoms with Gasteiger partial charge in [-0.25, -0.2) is 17.9 Å². The largest absolute Gasteiger partial charge is 0.755 e. The van der Waals surface area contributed by atoms with Crippen molar-refractivity contribution >= 4 is 33.1 Å². The molecule has 1 unspecified atom stereocenters. The van der Waals surface area contributed by atoms with Gasteiger partial charge < -0.3 is 4.55 Å². The Hall–Kier alpha value is -2.28. The lowest BCUT2D eigenvalue weighted by molar-refractivity contribution is -0.137. The van der Waals surface area contributed by atoms with E-state index in [2.05, 4.69) is 0 Å². The summed E-state index contributed by atoms with van der Waals surface area (Å²) in [5.41, 5.74) is -1.29. The lowest BCUT2D eigenvalue weighted by atomic mass is 10.1. The summed E-state index contributed by atoms with van der Waals surface area (Å²) in [7, 11) is -4.37. The highest BCUT2D eigenvalue weighted by atomic mass is 32.2. The zero-order chi connectivity index (χ0) is 20.4. The molecule has 0 aliphatic rings. The molecule has 2 N–H and O–H groups in total. The third kappa shape index (κ3) is 5.35. The first-order valence-corrected chi connectivity index (χ1v) is 9.54. The van der Waals surface area contributed by atoms with Crippen molar-refractivity contribution in [2.24, 2.45) is 5.14 Å². The summed E-state index contributed by atoms with van der Waals surface area (Å²) in [6.07, 6.45) is -2.57. The van der Waals surface area contributed by atoms with Crippen LogP contribution >= 0.6 is 0 Å². The van der Waals surface area contributed by atoms with Crippen molar-refractivity contribution in [3.8, 4) is 0 Å². The fourth-order valence-corrected chi connectivity index (χ4v) is 3.29. The number of alkyl halides is 3. The molecule has 0 aliphatic carbocycles. The summed E-state index contributed by atoms with van der Waals surface area (Å²) in [6.45, 7) is 0. The van der Waals surface area contributed by atoms with Gasteiger partial charge in [-0.3, -0.25) is 8.51 Å². The number of benzene rings is 2. The highest BCUT2D eigenvalue weighted by molar-refractivity contribution is 7.89. The molecule has 0 heterocycles. The smallest absolute Gasteiger partial charge is 0.416 e. The van der Waals surface area contributed by atoms with Crippen molar-refractivity contribution in [3.05, 3.63) is 65.6 Å². The lowest BCUT2D eigenvalue weighted by Gasteiger charge is -2.24. The number of nitrogens with two attached hydrogens (primary N) is 1. The molecule has 27 heavy (non-hydrogen) atoms. The van der Waals surface area contributed by atoms with Crippen molar-refractivity contribution in [1.82, 2.24) is 0 Å². The average molecular weight is 423 g/mol. The quantitative estimate of drug-likeness (QED) is 0.590. The molecule has 0 amide bonds. The Bertz CT molecular complexity index is 990. The zero-order valence-electron chi connectivity index (χ0n) is 13.2. The number of sulfonamides is 1. The van der Waals surface area contributed by atoms with Gasteiger partial charge in [-0.15, -0.1) is 0 Å². The van der Waals surface area contributed by atoms with Crippen molar-refractivity contribution < 1.29 is 34.7 Å². The number of anilines is 1. The summed E-state index contributed by atoms with van der Waals surface area (Å²) < 4.78 is 97.6. The van der Waals surface area contributed by atoms with E-state index in [4.69, 9.17) is 5.14 Å². The van der Waals surface area contributed by atoms with Crippen LogP contribution in [-0.2, 0) is 27.5 Å². The number of primary sulfonamides is 1. The van der Waals surface area contributed by atoms with Crippen LogP contribution in [0.5, 0.6) is 0 Å². The van der Waals surface area contributed by atoms with Crippen molar-refractivity contribution in [3.63, 3.8) is 0 Å². The Labute approximate surface area is 154 Å². The van der Waals surface area contributed by atoms with E-state index in [9.17, 15) is 34.7 Å². The SMILES string of the molecule is NS(=O)(=O)c1ccc(F)cc1N(C=Cc1ccc(C(F)(F)F)cc1)S(=O)[O-]. The van der Waals surface area contributed by atoms with Crippen LogP contribution in [0.1, 0.15) is 11.1 Å². The predicted octanol–water partition coefficient (Wildman–Crippen LogP) is 2.76. The topological polar surface area (TPSA) is 104 Å². The molecule has 0 fully saturated rings. The fourth-order valence-electron chi connectivity index (χ4n) is 2.05. The molecule has 0 radical (unpaired) electrons. The normalized spacial score (nSPS) is 13.7. The Morgan fingerprint density at radius 1 is 1.11 bits per heavy atom.